The Morgan fingerprint density at radius 2 is 1.57 bits per heavy atom. The molecule has 1 atom stereocenters. The van der Waals surface area contributed by atoms with Crippen molar-refractivity contribution < 1.29 is 14.7 Å². The lowest BCUT2D eigenvalue weighted by Crippen LogP contribution is -2.37. The number of Topliss-reactive ketones (excluding diaryl/α,β-unsaturated/α-hetero) is 1. The standard InChI is InChI=1S/C25H28N2O3/c1-16-8-10-18(11-9-16)23(28)21-22(17-12-14-19(15-13-17)26(2)3)27(25(30)24(21)29)20-6-4-5-7-20/h8-15,20,22,28H,4-7H2,1-3H3/b23-21-. The maximum atomic E-state index is 13.1. The Balaban J connectivity index is 1.85. The maximum Gasteiger partial charge on any atom is 0.295 e. The first-order valence-electron chi connectivity index (χ1n) is 10.5. The molecule has 1 aliphatic carbocycles. The molecular weight excluding hydrogens is 376 g/mol. The largest absolute Gasteiger partial charge is 0.507 e. The van der Waals surface area contributed by atoms with Gasteiger partial charge in [0.15, 0.2) is 0 Å². The van der Waals surface area contributed by atoms with Gasteiger partial charge >= 0.3 is 0 Å². The summed E-state index contributed by atoms with van der Waals surface area (Å²) in [6.45, 7) is 1.97. The van der Waals surface area contributed by atoms with Crippen molar-refractivity contribution >= 4 is 23.1 Å². The first-order valence-corrected chi connectivity index (χ1v) is 10.5. The number of hydrogen-bond acceptors (Lipinski definition) is 4. The van der Waals surface area contributed by atoms with E-state index in [1.54, 1.807) is 17.0 Å². The number of rotatable bonds is 4. The Morgan fingerprint density at radius 3 is 2.13 bits per heavy atom. The molecule has 2 aliphatic rings. The van der Waals surface area contributed by atoms with Crippen LogP contribution in [0.15, 0.2) is 54.1 Å². The van der Waals surface area contributed by atoms with E-state index < -0.39 is 17.7 Å². The molecule has 5 heteroatoms. The Hall–Kier alpha value is -3.08. The van der Waals surface area contributed by atoms with Crippen LogP contribution in [0, 0.1) is 6.92 Å². The van der Waals surface area contributed by atoms with Gasteiger partial charge in [-0.3, -0.25) is 9.59 Å². The highest BCUT2D eigenvalue weighted by molar-refractivity contribution is 6.46. The number of aliphatic hydroxyl groups excluding tert-OH is 1. The second-order valence-corrected chi connectivity index (χ2v) is 8.50. The highest BCUT2D eigenvalue weighted by atomic mass is 16.3. The van der Waals surface area contributed by atoms with Crippen LogP contribution < -0.4 is 4.90 Å². The molecule has 0 spiro atoms. The van der Waals surface area contributed by atoms with Gasteiger partial charge in [-0.05, 0) is 37.5 Å². The second kappa shape index (κ2) is 7.98. The summed E-state index contributed by atoms with van der Waals surface area (Å²) in [7, 11) is 3.94. The van der Waals surface area contributed by atoms with Crippen LogP contribution in [-0.4, -0.2) is 41.8 Å². The fourth-order valence-electron chi connectivity index (χ4n) is 4.56. The lowest BCUT2D eigenvalue weighted by Gasteiger charge is -2.31. The van der Waals surface area contributed by atoms with Gasteiger partial charge in [0.1, 0.15) is 5.76 Å². The molecule has 1 saturated carbocycles. The summed E-state index contributed by atoms with van der Waals surface area (Å²) < 4.78 is 0. The third kappa shape index (κ3) is 3.49. The topological polar surface area (TPSA) is 60.9 Å². The zero-order chi connectivity index (χ0) is 21.4. The number of aryl methyl sites for hydroxylation is 1. The van der Waals surface area contributed by atoms with Crippen molar-refractivity contribution in [1.29, 1.82) is 0 Å². The van der Waals surface area contributed by atoms with E-state index in [-0.39, 0.29) is 17.4 Å². The van der Waals surface area contributed by atoms with Crippen LogP contribution in [0.1, 0.15) is 48.4 Å². The van der Waals surface area contributed by atoms with Gasteiger partial charge in [-0.2, -0.15) is 0 Å². The van der Waals surface area contributed by atoms with E-state index in [1.165, 1.54) is 0 Å². The van der Waals surface area contributed by atoms with E-state index in [0.717, 1.165) is 42.5 Å². The number of carbonyl (C=O) groups excluding carboxylic acids is 2. The zero-order valence-corrected chi connectivity index (χ0v) is 17.8. The number of anilines is 1. The van der Waals surface area contributed by atoms with Crippen LogP contribution in [0.2, 0.25) is 0 Å². The molecule has 2 aromatic carbocycles. The smallest absolute Gasteiger partial charge is 0.295 e. The Kier molecular flexibility index (Phi) is 5.37. The summed E-state index contributed by atoms with van der Waals surface area (Å²) >= 11 is 0. The molecule has 30 heavy (non-hydrogen) atoms. The van der Waals surface area contributed by atoms with Crippen molar-refractivity contribution in [3.8, 4) is 0 Å². The maximum absolute atomic E-state index is 13.1. The molecule has 5 nitrogen and oxygen atoms in total. The molecule has 1 saturated heterocycles. The lowest BCUT2D eigenvalue weighted by atomic mass is 9.94. The average molecular weight is 405 g/mol. The van der Waals surface area contributed by atoms with E-state index >= 15 is 0 Å². The first-order chi connectivity index (χ1) is 14.4. The van der Waals surface area contributed by atoms with Gasteiger partial charge in [-0.25, -0.2) is 0 Å². The van der Waals surface area contributed by atoms with Crippen LogP contribution in [0.5, 0.6) is 0 Å². The van der Waals surface area contributed by atoms with E-state index in [1.807, 2.05) is 62.3 Å². The number of nitrogens with zero attached hydrogens (tertiary/aromatic N) is 2. The molecule has 1 aliphatic heterocycles. The summed E-state index contributed by atoms with van der Waals surface area (Å²) in [5, 5.41) is 11.1. The number of hydrogen-bond donors (Lipinski definition) is 1. The average Bonchev–Trinajstić information content (AvgIpc) is 3.35. The number of aliphatic hydroxyl groups is 1. The van der Waals surface area contributed by atoms with Gasteiger partial charge < -0.3 is 14.9 Å². The van der Waals surface area contributed by atoms with Gasteiger partial charge in [0, 0.05) is 31.4 Å². The predicted octanol–water partition coefficient (Wildman–Crippen LogP) is 4.43. The molecule has 1 N–H and O–H groups in total. The molecule has 2 aromatic rings. The molecule has 2 fully saturated rings. The molecule has 1 amide bonds. The second-order valence-electron chi connectivity index (χ2n) is 8.50. The molecular formula is C25H28N2O3. The molecule has 4 rings (SSSR count). The molecule has 1 unspecified atom stereocenters. The Labute approximate surface area is 177 Å². The minimum atomic E-state index is -0.596. The van der Waals surface area contributed by atoms with Crippen molar-refractivity contribution in [2.45, 2.75) is 44.7 Å². The van der Waals surface area contributed by atoms with E-state index in [9.17, 15) is 14.7 Å². The molecule has 1 heterocycles. The summed E-state index contributed by atoms with van der Waals surface area (Å²) in [6, 6.07) is 14.7. The number of amides is 1. The van der Waals surface area contributed by atoms with E-state index in [4.69, 9.17) is 0 Å². The minimum absolute atomic E-state index is 0.0308. The minimum Gasteiger partial charge on any atom is -0.507 e. The summed E-state index contributed by atoms with van der Waals surface area (Å²) in [6.07, 6.45) is 3.89. The van der Waals surface area contributed by atoms with Gasteiger partial charge in [0.05, 0.1) is 11.6 Å². The summed E-state index contributed by atoms with van der Waals surface area (Å²) in [5.74, 6) is -1.20. The summed E-state index contributed by atoms with van der Waals surface area (Å²) in [5.41, 5.74) is 3.69. The Morgan fingerprint density at radius 1 is 0.967 bits per heavy atom. The van der Waals surface area contributed by atoms with Crippen LogP contribution in [0.25, 0.3) is 5.76 Å². The van der Waals surface area contributed by atoms with Crippen LogP contribution in [0.3, 0.4) is 0 Å². The highest BCUT2D eigenvalue weighted by Crippen LogP contribution is 2.43. The SMILES string of the molecule is Cc1ccc(/C(O)=C2/C(=O)C(=O)N(C3CCCC3)C2c2ccc(N(C)C)cc2)cc1. The first kappa shape index (κ1) is 20.2. The van der Waals surface area contributed by atoms with E-state index in [0.29, 0.717) is 5.56 Å². The normalized spacial score (nSPS) is 21.4. The molecule has 156 valence electrons. The van der Waals surface area contributed by atoms with Crippen LogP contribution in [-0.2, 0) is 9.59 Å². The number of ketones is 1. The third-order valence-electron chi connectivity index (χ3n) is 6.25. The van der Waals surface area contributed by atoms with Crippen molar-refractivity contribution in [1.82, 2.24) is 4.90 Å². The molecule has 0 aromatic heterocycles. The van der Waals surface area contributed by atoms with Gasteiger partial charge in [0.2, 0.25) is 0 Å². The van der Waals surface area contributed by atoms with Crippen LogP contribution in [0.4, 0.5) is 5.69 Å². The molecule has 0 bridgehead atoms. The van der Waals surface area contributed by atoms with Crippen molar-refractivity contribution in [3.05, 3.63) is 70.8 Å². The fraction of sp³-hybridized carbons (Fsp3) is 0.360. The van der Waals surface area contributed by atoms with E-state index in [2.05, 4.69) is 0 Å². The van der Waals surface area contributed by atoms with Crippen molar-refractivity contribution in [3.63, 3.8) is 0 Å². The summed E-state index contributed by atoms with van der Waals surface area (Å²) in [4.78, 5) is 29.9. The zero-order valence-electron chi connectivity index (χ0n) is 17.8. The van der Waals surface area contributed by atoms with Crippen molar-refractivity contribution in [2.24, 2.45) is 0 Å². The number of carbonyl (C=O) groups is 2. The van der Waals surface area contributed by atoms with Gasteiger partial charge in [0.25, 0.3) is 11.7 Å². The quantitative estimate of drug-likeness (QED) is 0.465. The van der Waals surface area contributed by atoms with Gasteiger partial charge in [-0.1, -0.05) is 54.8 Å². The van der Waals surface area contributed by atoms with Crippen LogP contribution >= 0.6 is 0 Å². The monoisotopic (exact) mass is 404 g/mol. The van der Waals surface area contributed by atoms with Crippen molar-refractivity contribution in [2.75, 3.05) is 19.0 Å². The highest BCUT2D eigenvalue weighted by Gasteiger charge is 2.49. The number of likely N-dealkylation sites (tertiary alicyclic amines) is 1. The number of benzene rings is 2. The fourth-order valence-corrected chi connectivity index (χ4v) is 4.56. The third-order valence-corrected chi connectivity index (χ3v) is 6.25. The lowest BCUT2D eigenvalue weighted by molar-refractivity contribution is -0.141. The Bertz CT molecular complexity index is 984. The molecule has 0 radical (unpaired) electrons. The van der Waals surface area contributed by atoms with Gasteiger partial charge in [-0.15, -0.1) is 0 Å². The predicted molar refractivity (Wildman–Crippen MR) is 118 cm³/mol.